The fourth-order valence-corrected chi connectivity index (χ4v) is 3.82. The first-order chi connectivity index (χ1) is 13.1. The van der Waals surface area contributed by atoms with Crippen LogP contribution in [0.2, 0.25) is 0 Å². The van der Waals surface area contributed by atoms with Crippen LogP contribution in [-0.4, -0.2) is 14.8 Å². The molecular formula is C24H43NO2. The summed E-state index contributed by atoms with van der Waals surface area (Å²) in [6.45, 7) is 6.61. The largest absolute Gasteiger partial charge is 0.494 e. The molecule has 1 rings (SSSR count). The number of hydrogen-bond acceptors (Lipinski definition) is 2. The Morgan fingerprint density at radius 2 is 1.30 bits per heavy atom. The quantitative estimate of drug-likeness (QED) is 0.227. The Morgan fingerprint density at radius 3 is 1.85 bits per heavy atom. The third-order valence-electron chi connectivity index (χ3n) is 5.57. The molecule has 1 aromatic rings. The van der Waals surface area contributed by atoms with E-state index in [2.05, 4.69) is 26.8 Å². The molecule has 0 radical (unpaired) electrons. The molecule has 0 saturated carbocycles. The summed E-state index contributed by atoms with van der Waals surface area (Å²) in [5.74, 6) is 0.314. The summed E-state index contributed by atoms with van der Waals surface area (Å²) in [7, 11) is 0. The normalized spacial score (nSPS) is 13.2. The van der Waals surface area contributed by atoms with Gasteiger partial charge in [0.1, 0.15) is 0 Å². The first-order valence-corrected chi connectivity index (χ1v) is 11.4. The second-order valence-electron chi connectivity index (χ2n) is 8.00. The molecule has 0 aromatic carbocycles. The predicted molar refractivity (Wildman–Crippen MR) is 117 cm³/mol. The molecule has 0 amide bonds. The van der Waals surface area contributed by atoms with Gasteiger partial charge in [-0.1, -0.05) is 96.1 Å². The van der Waals surface area contributed by atoms with Crippen molar-refractivity contribution in [3.63, 3.8) is 0 Å². The van der Waals surface area contributed by atoms with E-state index < -0.39 is 0 Å². The van der Waals surface area contributed by atoms with Gasteiger partial charge in [-0.05, 0) is 26.2 Å². The Labute approximate surface area is 167 Å². The van der Waals surface area contributed by atoms with Gasteiger partial charge in [0.05, 0.1) is 6.04 Å². The lowest BCUT2D eigenvalue weighted by atomic mass is 9.99. The van der Waals surface area contributed by atoms with E-state index in [4.69, 9.17) is 0 Å². The number of unbranched alkanes of at least 4 members (excludes halogenated alkanes) is 11. The molecule has 1 atom stereocenters. The van der Waals surface area contributed by atoms with Crippen LogP contribution in [0.3, 0.4) is 0 Å². The summed E-state index contributed by atoms with van der Waals surface area (Å²) in [6, 6.07) is 3.22. The standard InChI is InChI=1S/C24H43NO2/c1-4-6-8-9-10-11-12-13-14-16-17-21(3)22(18-15-7-5-2)25-23(26)19-20-24(25)27/h17,19-20,22,26-27H,4-16,18H2,1-3H3. The lowest BCUT2D eigenvalue weighted by Gasteiger charge is -2.22. The molecule has 0 spiro atoms. The predicted octanol–water partition coefficient (Wildman–Crippen LogP) is 7.89. The van der Waals surface area contributed by atoms with Crippen molar-refractivity contribution in [2.24, 2.45) is 0 Å². The molecule has 1 unspecified atom stereocenters. The van der Waals surface area contributed by atoms with Crippen molar-refractivity contribution < 1.29 is 10.2 Å². The summed E-state index contributed by atoms with van der Waals surface area (Å²) in [5.41, 5.74) is 1.26. The van der Waals surface area contributed by atoms with Gasteiger partial charge >= 0.3 is 0 Å². The zero-order valence-corrected chi connectivity index (χ0v) is 18.1. The molecule has 156 valence electrons. The summed E-state index contributed by atoms with van der Waals surface area (Å²) in [6.07, 6.45) is 20.0. The SMILES string of the molecule is CCCCCCCCCCCC=C(C)C(CCCCC)n1c(O)ccc1O. The van der Waals surface area contributed by atoms with Crippen molar-refractivity contribution in [1.29, 1.82) is 0 Å². The van der Waals surface area contributed by atoms with Gasteiger partial charge in [-0.3, -0.25) is 4.57 Å². The topological polar surface area (TPSA) is 45.4 Å². The van der Waals surface area contributed by atoms with Crippen molar-refractivity contribution >= 4 is 0 Å². The van der Waals surface area contributed by atoms with Gasteiger partial charge in [-0.2, -0.15) is 0 Å². The van der Waals surface area contributed by atoms with Gasteiger partial charge in [0.25, 0.3) is 0 Å². The van der Waals surface area contributed by atoms with Crippen LogP contribution in [0.5, 0.6) is 11.8 Å². The van der Waals surface area contributed by atoms with Crippen LogP contribution in [0, 0.1) is 0 Å². The maximum Gasteiger partial charge on any atom is 0.194 e. The molecule has 0 aliphatic heterocycles. The molecule has 3 nitrogen and oxygen atoms in total. The summed E-state index contributed by atoms with van der Waals surface area (Å²) >= 11 is 0. The molecule has 0 bridgehead atoms. The van der Waals surface area contributed by atoms with Gasteiger partial charge in [-0.25, -0.2) is 0 Å². The van der Waals surface area contributed by atoms with Crippen LogP contribution < -0.4 is 0 Å². The molecule has 1 heterocycles. The summed E-state index contributed by atoms with van der Waals surface area (Å²) in [5, 5.41) is 20.3. The Kier molecular flexibility index (Phi) is 12.8. The number of nitrogens with zero attached hydrogens (tertiary/aromatic N) is 1. The van der Waals surface area contributed by atoms with Gasteiger partial charge < -0.3 is 10.2 Å². The average molecular weight is 378 g/mol. The van der Waals surface area contributed by atoms with E-state index in [1.807, 2.05) is 0 Å². The summed E-state index contributed by atoms with van der Waals surface area (Å²) in [4.78, 5) is 0. The van der Waals surface area contributed by atoms with E-state index >= 15 is 0 Å². The smallest absolute Gasteiger partial charge is 0.194 e. The zero-order chi connectivity index (χ0) is 19.9. The maximum absolute atomic E-state index is 10.1. The highest BCUT2D eigenvalue weighted by Gasteiger charge is 2.18. The highest BCUT2D eigenvalue weighted by atomic mass is 16.3. The van der Waals surface area contributed by atoms with Gasteiger partial charge in [-0.15, -0.1) is 0 Å². The van der Waals surface area contributed by atoms with Crippen molar-refractivity contribution in [2.45, 2.75) is 117 Å². The Hall–Kier alpha value is -1.38. The maximum atomic E-state index is 10.1. The van der Waals surface area contributed by atoms with Crippen LogP contribution in [0.1, 0.15) is 117 Å². The second kappa shape index (κ2) is 14.6. The highest BCUT2D eigenvalue weighted by Crippen LogP contribution is 2.34. The van der Waals surface area contributed by atoms with E-state index in [0.29, 0.717) is 0 Å². The number of aromatic nitrogens is 1. The van der Waals surface area contributed by atoms with Crippen LogP contribution in [0.15, 0.2) is 23.8 Å². The van der Waals surface area contributed by atoms with E-state index in [9.17, 15) is 10.2 Å². The zero-order valence-electron chi connectivity index (χ0n) is 18.1. The van der Waals surface area contributed by atoms with E-state index in [1.165, 1.54) is 76.2 Å². The Balaban J connectivity index is 2.40. The minimum absolute atomic E-state index is 0.0603. The van der Waals surface area contributed by atoms with Crippen molar-refractivity contribution in [1.82, 2.24) is 4.57 Å². The van der Waals surface area contributed by atoms with Crippen LogP contribution in [-0.2, 0) is 0 Å². The van der Waals surface area contributed by atoms with E-state index in [1.54, 1.807) is 16.7 Å². The highest BCUT2D eigenvalue weighted by molar-refractivity contribution is 5.28. The molecule has 2 N–H and O–H groups in total. The first kappa shape index (κ1) is 23.7. The van der Waals surface area contributed by atoms with Crippen LogP contribution in [0.25, 0.3) is 0 Å². The first-order valence-electron chi connectivity index (χ1n) is 11.4. The minimum atomic E-state index is 0.0603. The molecule has 3 heteroatoms. The second-order valence-corrected chi connectivity index (χ2v) is 8.00. The molecule has 27 heavy (non-hydrogen) atoms. The molecule has 0 saturated heterocycles. The fraction of sp³-hybridized carbons (Fsp3) is 0.750. The van der Waals surface area contributed by atoms with E-state index in [0.717, 1.165) is 19.3 Å². The van der Waals surface area contributed by atoms with Gasteiger partial charge in [0.2, 0.25) is 0 Å². The molecule has 1 aromatic heterocycles. The number of allylic oxidation sites excluding steroid dienone is 2. The third-order valence-corrected chi connectivity index (χ3v) is 5.57. The number of aromatic hydroxyl groups is 2. The minimum Gasteiger partial charge on any atom is -0.494 e. The monoisotopic (exact) mass is 377 g/mol. The van der Waals surface area contributed by atoms with Crippen molar-refractivity contribution in [3.8, 4) is 11.8 Å². The van der Waals surface area contributed by atoms with E-state index in [-0.39, 0.29) is 17.8 Å². The van der Waals surface area contributed by atoms with Gasteiger partial charge in [0, 0.05) is 12.1 Å². The average Bonchev–Trinajstić information content (AvgIpc) is 2.99. The molecule has 0 aliphatic carbocycles. The fourth-order valence-electron chi connectivity index (χ4n) is 3.82. The van der Waals surface area contributed by atoms with Crippen molar-refractivity contribution in [2.75, 3.05) is 0 Å². The Bertz CT molecular complexity index is 499. The molecule has 0 aliphatic rings. The Morgan fingerprint density at radius 1 is 0.815 bits per heavy atom. The van der Waals surface area contributed by atoms with Gasteiger partial charge in [0.15, 0.2) is 11.8 Å². The lowest BCUT2D eigenvalue weighted by molar-refractivity contribution is 0.336. The van der Waals surface area contributed by atoms with Crippen LogP contribution in [0.4, 0.5) is 0 Å². The number of hydrogen-bond donors (Lipinski definition) is 2. The van der Waals surface area contributed by atoms with Crippen LogP contribution >= 0.6 is 0 Å². The third kappa shape index (κ3) is 9.39. The molecule has 0 fully saturated rings. The molecular weight excluding hydrogens is 334 g/mol. The van der Waals surface area contributed by atoms with Crippen molar-refractivity contribution in [3.05, 3.63) is 23.8 Å². The summed E-state index contributed by atoms with van der Waals surface area (Å²) < 4.78 is 1.68. The lowest BCUT2D eigenvalue weighted by Crippen LogP contribution is -2.10. The number of rotatable bonds is 16.